The summed E-state index contributed by atoms with van der Waals surface area (Å²) in [4.78, 5) is 12.8. The molecule has 1 aliphatic carbocycles. The number of halogens is 1. The molecule has 0 unspecified atom stereocenters. The van der Waals surface area contributed by atoms with Crippen molar-refractivity contribution in [3.05, 3.63) is 60.2 Å². The molecule has 1 fully saturated rings. The van der Waals surface area contributed by atoms with Gasteiger partial charge in [0, 0.05) is 11.6 Å². The maximum absolute atomic E-state index is 12.5. The van der Waals surface area contributed by atoms with Gasteiger partial charge in [-0.3, -0.25) is 4.79 Å². The van der Waals surface area contributed by atoms with E-state index >= 15 is 0 Å². The van der Waals surface area contributed by atoms with E-state index in [1.165, 1.54) is 0 Å². The summed E-state index contributed by atoms with van der Waals surface area (Å²) in [5, 5.41) is 2.92. The minimum atomic E-state index is -3.42. The smallest absolute Gasteiger partial charge is 0.227 e. The zero-order valence-corrected chi connectivity index (χ0v) is 16.6. The van der Waals surface area contributed by atoms with Gasteiger partial charge in [-0.1, -0.05) is 36.8 Å². The van der Waals surface area contributed by atoms with Crippen molar-refractivity contribution >= 4 is 33.8 Å². The van der Waals surface area contributed by atoms with Crippen LogP contribution >= 0.6 is 12.4 Å². The summed E-state index contributed by atoms with van der Waals surface area (Å²) in [5.41, 5.74) is 7.03. The number of carbonyl (C=O) groups is 1. The van der Waals surface area contributed by atoms with Crippen LogP contribution in [0.15, 0.2) is 59.5 Å². The number of rotatable bonds is 6. The second-order valence-corrected chi connectivity index (χ2v) is 8.78. The van der Waals surface area contributed by atoms with Crippen LogP contribution in [0, 0.1) is 11.8 Å². The van der Waals surface area contributed by atoms with Crippen LogP contribution in [0.1, 0.15) is 24.8 Å². The number of amides is 1. The Labute approximate surface area is 166 Å². The Bertz CT molecular complexity index is 872. The second-order valence-electron chi connectivity index (χ2n) is 6.79. The van der Waals surface area contributed by atoms with E-state index < -0.39 is 9.84 Å². The van der Waals surface area contributed by atoms with Crippen LogP contribution in [0.5, 0.6) is 0 Å². The maximum atomic E-state index is 12.5. The molecule has 0 saturated heterocycles. The lowest BCUT2D eigenvalue weighted by Crippen LogP contribution is -2.29. The number of nitrogens with one attached hydrogen (secondary N) is 1. The Morgan fingerprint density at radius 1 is 1.07 bits per heavy atom. The molecule has 0 spiro atoms. The molecule has 0 bridgehead atoms. The summed E-state index contributed by atoms with van der Waals surface area (Å²) in [6.45, 7) is 0.521. The zero-order chi connectivity index (χ0) is 18.6. The van der Waals surface area contributed by atoms with Gasteiger partial charge >= 0.3 is 0 Å². The topological polar surface area (TPSA) is 89.3 Å². The molecule has 2 aromatic carbocycles. The number of anilines is 1. The normalized spacial score (nSPS) is 19.3. The first-order valence-corrected chi connectivity index (χ1v) is 10.5. The first kappa shape index (κ1) is 21.4. The lowest BCUT2D eigenvalue weighted by Gasteiger charge is -2.17. The number of hydrogen-bond acceptors (Lipinski definition) is 4. The quantitative estimate of drug-likeness (QED) is 0.766. The molecule has 146 valence electrons. The highest BCUT2D eigenvalue weighted by Crippen LogP contribution is 2.32. The molecule has 0 radical (unpaired) electrons. The van der Waals surface area contributed by atoms with E-state index in [9.17, 15) is 13.2 Å². The first-order chi connectivity index (χ1) is 12.5. The minimum Gasteiger partial charge on any atom is -0.330 e. The average Bonchev–Trinajstić information content (AvgIpc) is 3.11. The molecular weight excluding hydrogens is 384 g/mol. The maximum Gasteiger partial charge on any atom is 0.227 e. The van der Waals surface area contributed by atoms with Gasteiger partial charge in [0.25, 0.3) is 0 Å². The van der Waals surface area contributed by atoms with Crippen molar-refractivity contribution < 1.29 is 13.2 Å². The molecule has 2 atom stereocenters. The second kappa shape index (κ2) is 9.35. The third kappa shape index (κ3) is 5.31. The van der Waals surface area contributed by atoms with Crippen molar-refractivity contribution in [3.63, 3.8) is 0 Å². The Hall–Kier alpha value is -1.89. The van der Waals surface area contributed by atoms with Gasteiger partial charge in [-0.15, -0.1) is 12.4 Å². The lowest BCUT2D eigenvalue weighted by atomic mass is 9.95. The Balaban J connectivity index is 0.00000261. The largest absolute Gasteiger partial charge is 0.330 e. The van der Waals surface area contributed by atoms with Gasteiger partial charge in [0.15, 0.2) is 9.84 Å². The van der Waals surface area contributed by atoms with E-state index in [1.807, 2.05) is 0 Å². The van der Waals surface area contributed by atoms with E-state index in [0.29, 0.717) is 22.7 Å². The van der Waals surface area contributed by atoms with Gasteiger partial charge in [0.2, 0.25) is 5.91 Å². The summed E-state index contributed by atoms with van der Waals surface area (Å²) < 4.78 is 25.0. The van der Waals surface area contributed by atoms with Gasteiger partial charge in [-0.05, 0) is 55.1 Å². The Morgan fingerprint density at radius 3 is 2.52 bits per heavy atom. The van der Waals surface area contributed by atoms with Crippen molar-refractivity contribution in [2.75, 3.05) is 11.9 Å². The van der Waals surface area contributed by atoms with Crippen LogP contribution in [0.25, 0.3) is 0 Å². The molecular formula is C20H25ClN2O3S. The molecule has 1 saturated carbocycles. The van der Waals surface area contributed by atoms with Crippen LogP contribution in [-0.4, -0.2) is 20.9 Å². The average molecular weight is 409 g/mol. The summed E-state index contributed by atoms with van der Waals surface area (Å²) in [5.74, 6) is 0.0460. The summed E-state index contributed by atoms with van der Waals surface area (Å²) in [6.07, 6.45) is 2.87. The molecule has 0 aromatic heterocycles. The van der Waals surface area contributed by atoms with Gasteiger partial charge in [0.05, 0.1) is 10.6 Å². The predicted octanol–water partition coefficient (Wildman–Crippen LogP) is 3.40. The van der Waals surface area contributed by atoms with E-state index in [-0.39, 0.29) is 35.9 Å². The van der Waals surface area contributed by atoms with Crippen molar-refractivity contribution in [2.24, 2.45) is 17.6 Å². The van der Waals surface area contributed by atoms with Crippen LogP contribution in [-0.2, 0) is 20.4 Å². The van der Waals surface area contributed by atoms with Crippen LogP contribution in [0.2, 0.25) is 0 Å². The van der Waals surface area contributed by atoms with Gasteiger partial charge in [0.1, 0.15) is 0 Å². The monoisotopic (exact) mass is 408 g/mol. The number of carbonyl (C=O) groups excluding carboxylic acids is 1. The predicted molar refractivity (Wildman–Crippen MR) is 110 cm³/mol. The summed E-state index contributed by atoms with van der Waals surface area (Å²) in [7, 11) is -3.42. The van der Waals surface area contributed by atoms with E-state index in [1.54, 1.807) is 54.6 Å². The number of hydrogen-bond donors (Lipinski definition) is 2. The fourth-order valence-electron chi connectivity index (χ4n) is 3.57. The summed E-state index contributed by atoms with van der Waals surface area (Å²) in [6, 6.07) is 15.4. The van der Waals surface area contributed by atoms with Gasteiger partial charge in [-0.2, -0.15) is 0 Å². The first-order valence-electron chi connectivity index (χ1n) is 8.87. The van der Waals surface area contributed by atoms with Crippen molar-refractivity contribution in [1.82, 2.24) is 0 Å². The van der Waals surface area contributed by atoms with Gasteiger partial charge < -0.3 is 11.1 Å². The highest BCUT2D eigenvalue weighted by atomic mass is 35.5. The van der Waals surface area contributed by atoms with Crippen LogP contribution in [0.3, 0.4) is 0 Å². The van der Waals surface area contributed by atoms with Crippen LogP contribution < -0.4 is 11.1 Å². The van der Waals surface area contributed by atoms with E-state index in [4.69, 9.17) is 5.73 Å². The molecule has 7 heteroatoms. The third-order valence-corrected chi connectivity index (χ3v) is 6.66. The Kier molecular flexibility index (Phi) is 7.41. The van der Waals surface area contributed by atoms with Crippen molar-refractivity contribution in [2.45, 2.75) is 29.9 Å². The molecule has 0 aliphatic heterocycles. The van der Waals surface area contributed by atoms with Crippen molar-refractivity contribution in [3.8, 4) is 0 Å². The zero-order valence-electron chi connectivity index (χ0n) is 15.0. The summed E-state index contributed by atoms with van der Waals surface area (Å²) >= 11 is 0. The fraction of sp³-hybridized carbons (Fsp3) is 0.350. The van der Waals surface area contributed by atoms with E-state index in [0.717, 1.165) is 19.3 Å². The van der Waals surface area contributed by atoms with Crippen LogP contribution in [0.4, 0.5) is 5.69 Å². The molecule has 3 rings (SSSR count). The highest BCUT2D eigenvalue weighted by Gasteiger charge is 2.31. The number of sulfone groups is 1. The third-order valence-electron chi connectivity index (χ3n) is 4.95. The molecule has 2 aromatic rings. The molecule has 1 amide bonds. The van der Waals surface area contributed by atoms with E-state index in [2.05, 4.69) is 5.32 Å². The SMILES string of the molecule is Cl.NC[C@H]1CCC[C@H]1C(=O)Nc1cccc(CS(=O)(=O)c2ccccc2)c1. The Morgan fingerprint density at radius 2 is 1.81 bits per heavy atom. The standard InChI is InChI=1S/C20H24N2O3S.ClH/c21-13-16-7-5-11-19(16)20(23)22-17-8-4-6-15(12-17)14-26(24,25)18-9-2-1-3-10-18;/h1-4,6,8-10,12,16,19H,5,7,11,13-14,21H2,(H,22,23);1H/t16-,19-;/m1./s1. The highest BCUT2D eigenvalue weighted by molar-refractivity contribution is 7.90. The number of nitrogens with two attached hydrogens (primary N) is 1. The molecule has 27 heavy (non-hydrogen) atoms. The minimum absolute atomic E-state index is 0. The molecule has 0 heterocycles. The molecule has 5 nitrogen and oxygen atoms in total. The fourth-order valence-corrected chi connectivity index (χ4v) is 4.93. The van der Waals surface area contributed by atoms with Crippen molar-refractivity contribution in [1.29, 1.82) is 0 Å². The lowest BCUT2D eigenvalue weighted by molar-refractivity contribution is -0.120. The molecule has 3 N–H and O–H groups in total. The number of benzene rings is 2. The van der Waals surface area contributed by atoms with Gasteiger partial charge in [-0.25, -0.2) is 8.42 Å². The molecule has 1 aliphatic rings.